The topological polar surface area (TPSA) is 73.8 Å². The molecule has 8 aromatic carbocycles. The van der Waals surface area contributed by atoms with Gasteiger partial charge in [-0.2, -0.15) is 0 Å². The lowest BCUT2D eigenvalue weighted by Crippen LogP contribution is -2.19. The predicted octanol–water partition coefficient (Wildman–Crippen LogP) is 22.7. The molecule has 2 aliphatic heterocycles. The van der Waals surface area contributed by atoms with Gasteiger partial charge in [0, 0.05) is 51.4 Å². The van der Waals surface area contributed by atoms with Crippen LogP contribution in [0.15, 0.2) is 97.1 Å². The van der Waals surface area contributed by atoms with Gasteiger partial charge >= 0.3 is 0 Å². The van der Waals surface area contributed by atoms with E-state index in [1.54, 1.807) is 0 Å². The lowest BCUT2D eigenvalue weighted by Gasteiger charge is -2.29. The van der Waals surface area contributed by atoms with Crippen LogP contribution in [-0.4, -0.2) is 54.9 Å². The van der Waals surface area contributed by atoms with Crippen molar-refractivity contribution >= 4 is 0 Å². The van der Waals surface area contributed by atoms with Crippen LogP contribution in [0.4, 0.5) is 0 Å². The maximum atomic E-state index is 7.65. The Balaban J connectivity index is 1.29. The first-order valence-electron chi connectivity index (χ1n) is 38.3. The van der Waals surface area contributed by atoms with Crippen LogP contribution in [0.1, 0.15) is 300 Å². The fourth-order valence-corrected chi connectivity index (χ4v) is 15.6. The summed E-state index contributed by atoms with van der Waals surface area (Å²) in [4.78, 5) is 0. The second-order valence-corrected chi connectivity index (χ2v) is 38.6. The number of benzene rings is 8. The molecule has 0 amide bonds. The highest BCUT2D eigenvalue weighted by molar-refractivity contribution is 5.63. The van der Waals surface area contributed by atoms with Crippen molar-refractivity contribution in [3.8, 4) is 46.0 Å². The quantitative estimate of drug-likeness (QED) is 0.173. The van der Waals surface area contributed by atoms with E-state index in [1.807, 2.05) is 28.4 Å². The van der Waals surface area contributed by atoms with E-state index in [9.17, 15) is 0 Å². The van der Waals surface area contributed by atoms with Crippen LogP contribution in [0.2, 0.25) is 0 Å². The first kappa shape index (κ1) is 77.3. The molecule has 8 heteroatoms. The fraction of sp³-hybridized carbons (Fsp3) is 0.500. The maximum Gasteiger partial charge on any atom is 0.126 e. The molecule has 0 fully saturated rings. The van der Waals surface area contributed by atoms with Gasteiger partial charge in [0.1, 0.15) is 72.4 Å². The largest absolute Gasteiger partial charge is 0.496 e. The Kier molecular flexibility index (Phi) is 21.1. The van der Waals surface area contributed by atoms with Crippen LogP contribution in [0, 0.1) is 0 Å². The Morgan fingerprint density at radius 2 is 0.288 bits per heavy atom. The zero-order chi connectivity index (χ0) is 75.9. The molecule has 0 atom stereocenters. The summed E-state index contributed by atoms with van der Waals surface area (Å²) in [5, 5.41) is 0. The molecule has 556 valence electrons. The van der Waals surface area contributed by atoms with Crippen molar-refractivity contribution in [3.05, 3.63) is 231 Å². The van der Waals surface area contributed by atoms with Gasteiger partial charge in [0.2, 0.25) is 0 Å². The van der Waals surface area contributed by atoms with Crippen LogP contribution >= 0.6 is 0 Å². The van der Waals surface area contributed by atoms with E-state index in [0.717, 1.165) is 135 Å². The Morgan fingerprint density at radius 1 is 0.183 bits per heavy atom. The number of methoxy groups -OCH3 is 4. The van der Waals surface area contributed by atoms with E-state index >= 15 is 0 Å². The summed E-state index contributed by atoms with van der Waals surface area (Å²) in [5.74, 6) is 6.87. The molecule has 2 aliphatic carbocycles. The Labute approximate surface area is 626 Å². The van der Waals surface area contributed by atoms with Gasteiger partial charge in [0.25, 0.3) is 0 Å². The van der Waals surface area contributed by atoms with Gasteiger partial charge in [-0.3, -0.25) is 0 Å². The van der Waals surface area contributed by atoms with Gasteiger partial charge in [0.15, 0.2) is 0 Å². The van der Waals surface area contributed by atoms with Gasteiger partial charge in [0.05, 0.1) is 28.4 Å². The van der Waals surface area contributed by atoms with Crippen molar-refractivity contribution in [1.29, 1.82) is 0 Å². The second kappa shape index (κ2) is 28.5. The molecule has 0 spiro atoms. The monoisotopic (exact) mass is 1400 g/mol. The normalized spacial score (nSPS) is 15.0. The second-order valence-electron chi connectivity index (χ2n) is 38.6. The minimum Gasteiger partial charge on any atom is -0.496 e. The fourth-order valence-electron chi connectivity index (χ4n) is 15.6. The number of rotatable bonds is 4. The highest BCUT2D eigenvalue weighted by Crippen LogP contribution is 2.48. The zero-order valence-electron chi connectivity index (χ0n) is 69.0. The summed E-state index contributed by atoms with van der Waals surface area (Å²) in [5.41, 5.74) is 25.6. The summed E-state index contributed by atoms with van der Waals surface area (Å²) < 4.78 is 58.0. The molecule has 8 nitrogen and oxygen atoms in total. The van der Waals surface area contributed by atoms with Crippen molar-refractivity contribution in [2.45, 2.75) is 261 Å². The first-order chi connectivity index (χ1) is 48.3. The van der Waals surface area contributed by atoms with E-state index in [1.165, 1.54) is 44.5 Å². The average molecular weight is 1410 g/mol. The summed E-state index contributed by atoms with van der Waals surface area (Å²) in [6, 6.07) is 38.4. The molecule has 20 bridgehead atoms. The van der Waals surface area contributed by atoms with E-state index in [0.29, 0.717) is 51.4 Å². The Bertz CT molecular complexity index is 3780. The van der Waals surface area contributed by atoms with Crippen LogP contribution in [-0.2, 0) is 94.7 Å². The molecule has 104 heavy (non-hydrogen) atoms. The van der Waals surface area contributed by atoms with Crippen LogP contribution in [0.5, 0.6) is 46.0 Å². The van der Waals surface area contributed by atoms with Gasteiger partial charge in [-0.15, -0.1) is 0 Å². The van der Waals surface area contributed by atoms with Crippen molar-refractivity contribution in [3.63, 3.8) is 0 Å². The third-order valence-corrected chi connectivity index (χ3v) is 21.9. The predicted molar refractivity (Wildman–Crippen MR) is 432 cm³/mol. The molecule has 0 radical (unpaired) electrons. The average Bonchev–Trinajstić information content (AvgIpc) is 0.764. The number of fused-ring (bicyclic) bond motifs is 8. The van der Waals surface area contributed by atoms with E-state index in [4.69, 9.17) is 37.9 Å². The van der Waals surface area contributed by atoms with E-state index < -0.39 is 0 Å². The molecule has 4 aliphatic rings. The van der Waals surface area contributed by atoms with Crippen molar-refractivity contribution < 1.29 is 37.9 Å². The van der Waals surface area contributed by atoms with Crippen LogP contribution in [0.25, 0.3) is 0 Å². The van der Waals surface area contributed by atoms with Gasteiger partial charge in [-0.05, 0) is 177 Å². The summed E-state index contributed by atoms with van der Waals surface area (Å²) in [6.07, 6.45) is 4.36. The number of ether oxygens (including phenoxy) is 8. The molecule has 12 rings (SSSR count). The first-order valence-corrected chi connectivity index (χ1v) is 38.3. The van der Waals surface area contributed by atoms with Crippen LogP contribution < -0.4 is 37.9 Å². The summed E-state index contributed by atoms with van der Waals surface area (Å²) in [7, 11) is 7.38. The van der Waals surface area contributed by atoms with E-state index in [-0.39, 0.29) is 69.7 Å². The molecule has 2 heterocycles. The van der Waals surface area contributed by atoms with Crippen LogP contribution in [0.3, 0.4) is 0 Å². The number of hydrogen-bond acceptors (Lipinski definition) is 8. The van der Waals surface area contributed by atoms with E-state index in [2.05, 4.69) is 263 Å². The molecule has 0 saturated heterocycles. The lowest BCUT2D eigenvalue weighted by atomic mass is 9.79. The zero-order valence-corrected chi connectivity index (χ0v) is 69.0. The molecular weight excluding hydrogens is 1280 g/mol. The lowest BCUT2D eigenvalue weighted by molar-refractivity contribution is 0.212. The Hall–Kier alpha value is -7.84. The van der Waals surface area contributed by atoms with Gasteiger partial charge < -0.3 is 37.9 Å². The Morgan fingerprint density at radius 3 is 0.385 bits per heavy atom. The molecule has 0 N–H and O–H groups in total. The standard InChI is InChI=1S/C96H124O8/c1-89(2,3)73-41-57-33-65-49-77(93(13,14)15)51-67-35-59-43-74(90(4,5)6)44-60(82(59)98-26)36-68-52-78(94(16,17)18)50-66(34-58(42-73)81(57)97-25)86(68)102-30-32-104-88-70-38-62-46-75(91(7,8)9)45-61(83(62)99-27)37-69-53-79(95(19,20)21)55-71(87(69)103-31-29-101-85(65)67)39-63-47-76(92(10,11)12)48-64(84(63)100-28)40-72(88)56-80(54-70)96(22,23)24/h41-56H,29-40H2,1-28H3. The minimum absolute atomic E-state index is 0.207. The molecule has 0 aromatic heterocycles. The summed E-state index contributed by atoms with van der Waals surface area (Å²) in [6.45, 7) is 56.7. The summed E-state index contributed by atoms with van der Waals surface area (Å²) >= 11 is 0. The highest BCUT2D eigenvalue weighted by atomic mass is 16.5. The van der Waals surface area contributed by atoms with Crippen molar-refractivity contribution in [2.24, 2.45) is 0 Å². The van der Waals surface area contributed by atoms with Gasteiger partial charge in [-0.1, -0.05) is 263 Å². The highest BCUT2D eigenvalue weighted by Gasteiger charge is 2.34. The molecular formula is C96H124O8. The third kappa shape index (κ3) is 16.6. The third-order valence-electron chi connectivity index (χ3n) is 21.9. The smallest absolute Gasteiger partial charge is 0.126 e. The van der Waals surface area contributed by atoms with Gasteiger partial charge in [-0.25, -0.2) is 0 Å². The molecule has 0 unspecified atom stereocenters. The minimum atomic E-state index is -0.220. The molecule has 8 aromatic rings. The van der Waals surface area contributed by atoms with Crippen molar-refractivity contribution in [1.82, 2.24) is 0 Å². The SMILES string of the molecule is COc1c2cc(C(C)(C)C)cc1Cc1cc(C(C)(C)C)cc3c1OCCOc1c4cc(C(C)(C)C)cc1Cc1cc(C(C)(C)C)cc(c1OC)Cc1cc(C(C)(C)C)cc(c1OCCOc1c(cc(C(C)(C)C)cc1Cc1cc(C(C)(C)C)cc(c1OC)C3)C2)Cc1cc(C(C)(C)C)cc(c1OC)C4. The maximum absolute atomic E-state index is 7.65. The van der Waals surface area contributed by atoms with Crippen molar-refractivity contribution in [2.75, 3.05) is 54.9 Å². The molecule has 0 saturated carbocycles. The number of hydrogen-bond donors (Lipinski definition) is 0.